The van der Waals surface area contributed by atoms with Crippen LogP contribution in [0.15, 0.2) is 29.2 Å². The highest BCUT2D eigenvalue weighted by Crippen LogP contribution is 2.20. The topological polar surface area (TPSA) is 50.1 Å². The summed E-state index contributed by atoms with van der Waals surface area (Å²) in [5.41, 5.74) is 0. The van der Waals surface area contributed by atoms with Crippen molar-refractivity contribution in [3.8, 4) is 5.75 Å². The number of hydrogen-bond donors (Lipinski definition) is 1. The normalized spacial score (nSPS) is 14.8. The number of methoxy groups -OCH3 is 1. The average Bonchev–Trinajstić information content (AvgIpc) is 2.27. The lowest BCUT2D eigenvalue weighted by atomic mass is 10.2. The van der Waals surface area contributed by atoms with Crippen molar-refractivity contribution < 1.29 is 8.95 Å². The largest absolute Gasteiger partial charge is 0.497 e. The Balaban J connectivity index is 2.89. The van der Waals surface area contributed by atoms with Crippen LogP contribution in [0.5, 0.6) is 5.75 Å². The second-order valence-electron chi connectivity index (χ2n) is 4.24. The third kappa shape index (κ3) is 3.52. The van der Waals surface area contributed by atoms with E-state index in [1.165, 1.54) is 0 Å². The molecule has 0 amide bonds. The summed E-state index contributed by atoms with van der Waals surface area (Å²) < 4.78 is 25.1. The van der Waals surface area contributed by atoms with Crippen LogP contribution in [0.2, 0.25) is 0 Å². The molecule has 3 nitrogen and oxygen atoms in total. The molecule has 1 N–H and O–H groups in total. The van der Waals surface area contributed by atoms with E-state index in [4.69, 9.17) is 9.52 Å². The molecule has 90 valence electrons. The lowest BCUT2D eigenvalue weighted by Crippen LogP contribution is -2.07. The molecule has 0 radical (unpaired) electrons. The molecule has 1 rings (SSSR count). The third-order valence-corrected chi connectivity index (χ3v) is 4.23. The maximum atomic E-state index is 12.2. The molecule has 4 heteroatoms. The van der Waals surface area contributed by atoms with Crippen LogP contribution in [0.25, 0.3) is 0 Å². The molecular formula is C12H19NO2S. The number of benzene rings is 1. The molecule has 0 aliphatic heterocycles. The fourth-order valence-corrected chi connectivity index (χ4v) is 2.97. The second kappa shape index (κ2) is 5.34. The van der Waals surface area contributed by atoms with Crippen LogP contribution >= 0.6 is 0 Å². The van der Waals surface area contributed by atoms with Crippen LogP contribution in [0, 0.1) is 10.7 Å². The summed E-state index contributed by atoms with van der Waals surface area (Å²) in [5.74, 6) is 1.54. The quantitative estimate of drug-likeness (QED) is 0.861. The highest BCUT2D eigenvalue weighted by Gasteiger charge is 2.11. The molecule has 1 aromatic rings. The van der Waals surface area contributed by atoms with Gasteiger partial charge in [-0.25, -0.2) is 8.99 Å². The van der Waals surface area contributed by atoms with Gasteiger partial charge in [0, 0.05) is 5.75 Å². The Bertz CT molecular complexity index is 438. The fourth-order valence-electron chi connectivity index (χ4n) is 1.33. The molecule has 0 aromatic heterocycles. The minimum Gasteiger partial charge on any atom is -0.497 e. The number of hydrogen-bond acceptors (Lipinski definition) is 3. The van der Waals surface area contributed by atoms with E-state index < -0.39 is 9.73 Å². The fraction of sp³-hybridized carbons (Fsp3) is 0.500. The van der Waals surface area contributed by atoms with Gasteiger partial charge in [-0.05, 0) is 30.5 Å². The van der Waals surface area contributed by atoms with Gasteiger partial charge in [0.25, 0.3) is 0 Å². The van der Waals surface area contributed by atoms with Crippen molar-refractivity contribution in [2.45, 2.75) is 25.2 Å². The first-order valence-corrected chi connectivity index (χ1v) is 7.09. The Morgan fingerprint density at radius 1 is 1.44 bits per heavy atom. The lowest BCUT2D eigenvalue weighted by molar-refractivity contribution is 0.413. The predicted molar refractivity (Wildman–Crippen MR) is 66.4 cm³/mol. The highest BCUT2D eigenvalue weighted by atomic mass is 32.2. The maximum absolute atomic E-state index is 12.2. The summed E-state index contributed by atoms with van der Waals surface area (Å²) in [4.78, 5) is 0.563. The summed E-state index contributed by atoms with van der Waals surface area (Å²) in [5, 5.41) is 0. The molecule has 1 aromatic carbocycles. The highest BCUT2D eigenvalue weighted by molar-refractivity contribution is 7.92. The van der Waals surface area contributed by atoms with Gasteiger partial charge in [-0.1, -0.05) is 19.9 Å². The van der Waals surface area contributed by atoms with Crippen LogP contribution in [0.3, 0.4) is 0 Å². The minimum absolute atomic E-state index is 0.415. The van der Waals surface area contributed by atoms with E-state index in [1.807, 2.05) is 0 Å². The Hall–Kier alpha value is -1.03. The maximum Gasteiger partial charge on any atom is 0.120 e. The zero-order chi connectivity index (χ0) is 12.2. The van der Waals surface area contributed by atoms with E-state index in [0.717, 1.165) is 6.42 Å². The van der Waals surface area contributed by atoms with Crippen molar-refractivity contribution in [3.63, 3.8) is 0 Å². The van der Waals surface area contributed by atoms with Gasteiger partial charge in [0.1, 0.15) is 5.75 Å². The molecule has 16 heavy (non-hydrogen) atoms. The van der Waals surface area contributed by atoms with Crippen molar-refractivity contribution in [1.82, 2.24) is 0 Å². The monoisotopic (exact) mass is 241 g/mol. The molecular weight excluding hydrogens is 222 g/mol. The Labute approximate surface area is 97.8 Å². The molecule has 0 fully saturated rings. The van der Waals surface area contributed by atoms with Crippen molar-refractivity contribution in [1.29, 1.82) is 4.78 Å². The number of nitrogens with one attached hydrogen (secondary N) is 1. The van der Waals surface area contributed by atoms with E-state index in [-0.39, 0.29) is 0 Å². The molecule has 1 atom stereocenters. The summed E-state index contributed by atoms with van der Waals surface area (Å²) in [6.45, 7) is 4.14. The summed E-state index contributed by atoms with van der Waals surface area (Å²) >= 11 is 0. The van der Waals surface area contributed by atoms with Gasteiger partial charge < -0.3 is 4.74 Å². The van der Waals surface area contributed by atoms with E-state index in [9.17, 15) is 4.21 Å². The third-order valence-electron chi connectivity index (χ3n) is 2.40. The van der Waals surface area contributed by atoms with Crippen molar-refractivity contribution in [2.24, 2.45) is 5.92 Å². The zero-order valence-electron chi connectivity index (χ0n) is 10.0. The van der Waals surface area contributed by atoms with Gasteiger partial charge in [-0.3, -0.25) is 0 Å². The molecule has 0 saturated heterocycles. The number of ether oxygens (including phenoxy) is 1. The first kappa shape index (κ1) is 13.0. The van der Waals surface area contributed by atoms with Crippen LogP contribution in [-0.2, 0) is 9.73 Å². The zero-order valence-corrected chi connectivity index (χ0v) is 10.8. The predicted octanol–water partition coefficient (Wildman–Crippen LogP) is 3.15. The molecule has 0 heterocycles. The SMILES string of the molecule is COc1cccc(S(=N)(=O)CCC(C)C)c1. The van der Waals surface area contributed by atoms with Crippen LogP contribution in [0.1, 0.15) is 20.3 Å². The molecule has 0 saturated carbocycles. The van der Waals surface area contributed by atoms with Gasteiger partial charge in [0.2, 0.25) is 0 Å². The lowest BCUT2D eigenvalue weighted by Gasteiger charge is -2.10. The summed E-state index contributed by atoms with van der Waals surface area (Å²) in [6.07, 6.45) is 0.805. The standard InChI is InChI=1S/C12H19NO2S/c1-10(2)7-8-16(13,14)12-6-4-5-11(9-12)15-3/h4-6,9-10,13H,7-8H2,1-3H3. The van der Waals surface area contributed by atoms with Crippen LogP contribution in [-0.4, -0.2) is 17.1 Å². The van der Waals surface area contributed by atoms with E-state index in [1.54, 1.807) is 31.4 Å². The summed E-state index contributed by atoms with van der Waals surface area (Å²) in [7, 11) is -1.10. The van der Waals surface area contributed by atoms with Crippen LogP contribution < -0.4 is 4.74 Å². The summed E-state index contributed by atoms with van der Waals surface area (Å²) in [6, 6.07) is 6.99. The second-order valence-corrected chi connectivity index (χ2v) is 6.47. The molecule has 1 unspecified atom stereocenters. The van der Waals surface area contributed by atoms with Gasteiger partial charge in [-0.2, -0.15) is 0 Å². The smallest absolute Gasteiger partial charge is 0.120 e. The van der Waals surface area contributed by atoms with E-state index in [2.05, 4.69) is 13.8 Å². The van der Waals surface area contributed by atoms with Crippen molar-refractivity contribution in [2.75, 3.05) is 12.9 Å². The van der Waals surface area contributed by atoms with Crippen LogP contribution in [0.4, 0.5) is 0 Å². The molecule has 0 aliphatic rings. The van der Waals surface area contributed by atoms with Crippen molar-refractivity contribution in [3.05, 3.63) is 24.3 Å². The van der Waals surface area contributed by atoms with Gasteiger partial charge >= 0.3 is 0 Å². The minimum atomic E-state index is -2.67. The van der Waals surface area contributed by atoms with Gasteiger partial charge in [0.15, 0.2) is 0 Å². The van der Waals surface area contributed by atoms with Crippen molar-refractivity contribution >= 4 is 9.73 Å². The molecule has 0 aliphatic carbocycles. The Kier molecular flexibility index (Phi) is 4.35. The first-order chi connectivity index (χ1) is 7.45. The van der Waals surface area contributed by atoms with E-state index in [0.29, 0.717) is 22.3 Å². The average molecular weight is 241 g/mol. The number of rotatable bonds is 5. The van der Waals surface area contributed by atoms with Gasteiger partial charge in [-0.15, -0.1) is 0 Å². The van der Waals surface area contributed by atoms with Gasteiger partial charge in [0.05, 0.1) is 21.7 Å². The Morgan fingerprint density at radius 2 is 2.12 bits per heavy atom. The molecule has 0 bridgehead atoms. The van der Waals surface area contributed by atoms with E-state index >= 15 is 0 Å². The first-order valence-electron chi connectivity index (χ1n) is 5.36. The Morgan fingerprint density at radius 3 is 2.69 bits per heavy atom. The molecule has 0 spiro atoms.